The van der Waals surface area contributed by atoms with E-state index in [1.54, 1.807) is 36.3 Å². The largest absolute Gasteiger partial charge is 0.497 e. The monoisotopic (exact) mass is 519 g/mol. The molecule has 38 heavy (non-hydrogen) atoms. The molecule has 0 saturated heterocycles. The van der Waals surface area contributed by atoms with E-state index in [0.29, 0.717) is 24.0 Å². The zero-order valence-corrected chi connectivity index (χ0v) is 22.3. The van der Waals surface area contributed by atoms with Crippen LogP contribution in [0.4, 0.5) is 0 Å². The maximum atomic E-state index is 13.6. The van der Waals surface area contributed by atoms with Gasteiger partial charge in [-0.25, -0.2) is 0 Å². The fourth-order valence-electron chi connectivity index (χ4n) is 5.37. The van der Waals surface area contributed by atoms with Gasteiger partial charge in [-0.2, -0.15) is 0 Å². The Morgan fingerprint density at radius 2 is 1.63 bits per heavy atom. The van der Waals surface area contributed by atoms with Gasteiger partial charge >= 0.3 is 0 Å². The highest BCUT2D eigenvalue weighted by molar-refractivity contribution is 6.21. The summed E-state index contributed by atoms with van der Waals surface area (Å²) in [5.74, 6) is -0.239. The lowest BCUT2D eigenvalue weighted by Crippen LogP contribution is -2.51. The van der Waals surface area contributed by atoms with Crippen LogP contribution in [0.25, 0.3) is 0 Å². The second kappa shape index (κ2) is 12.7. The van der Waals surface area contributed by atoms with E-state index in [2.05, 4.69) is 5.32 Å². The first-order valence-corrected chi connectivity index (χ1v) is 13.6. The quantitative estimate of drug-likeness (QED) is 0.446. The number of nitrogens with zero attached hydrogens (tertiary/aromatic N) is 2. The van der Waals surface area contributed by atoms with E-state index >= 15 is 0 Å². The highest BCUT2D eigenvalue weighted by Crippen LogP contribution is 2.24. The predicted molar refractivity (Wildman–Crippen MR) is 144 cm³/mol. The molecule has 0 unspecified atom stereocenters. The summed E-state index contributed by atoms with van der Waals surface area (Å²) >= 11 is 0. The number of amides is 4. The Labute approximate surface area is 224 Å². The number of fused-ring (bicyclic) bond motifs is 1. The molecule has 1 aliphatic carbocycles. The number of carbonyl (C=O) groups excluding carboxylic acids is 4. The maximum Gasteiger partial charge on any atom is 0.261 e. The smallest absolute Gasteiger partial charge is 0.261 e. The number of benzene rings is 2. The van der Waals surface area contributed by atoms with Gasteiger partial charge in [0.05, 0.1) is 18.2 Å². The minimum atomic E-state index is -0.606. The zero-order chi connectivity index (χ0) is 27.1. The molecule has 4 rings (SSSR count). The van der Waals surface area contributed by atoms with Crippen LogP contribution in [0.15, 0.2) is 48.5 Å². The summed E-state index contributed by atoms with van der Waals surface area (Å²) < 4.78 is 5.25. The molecule has 1 atom stereocenters. The molecule has 4 amide bonds. The van der Waals surface area contributed by atoms with Crippen molar-refractivity contribution in [3.05, 3.63) is 65.2 Å². The fraction of sp³-hybridized carbons (Fsp3) is 0.467. The first-order valence-electron chi connectivity index (χ1n) is 13.6. The lowest BCUT2D eigenvalue weighted by atomic mass is 9.95. The fourth-order valence-corrected chi connectivity index (χ4v) is 5.37. The average molecular weight is 520 g/mol. The van der Waals surface area contributed by atoms with Crippen molar-refractivity contribution in [2.45, 2.75) is 76.9 Å². The standard InChI is InChI=1S/C30H37N3O5/c1-3-26(28(35)31-22-10-5-4-6-11-22)33(20-21-15-17-23(38-2)18-16-21)27(34)14-9-19-32-29(36)24-12-7-8-13-25(24)30(32)37/h7-8,12-13,15-18,22,26H,3-6,9-11,14,19-20H2,1-2H3,(H,31,35)/t26-/m1/s1. The molecule has 1 aliphatic heterocycles. The summed E-state index contributed by atoms with van der Waals surface area (Å²) in [4.78, 5) is 55.1. The van der Waals surface area contributed by atoms with Gasteiger partial charge in [0.15, 0.2) is 0 Å². The van der Waals surface area contributed by atoms with Crippen LogP contribution < -0.4 is 10.1 Å². The highest BCUT2D eigenvalue weighted by atomic mass is 16.5. The van der Waals surface area contributed by atoms with Crippen LogP contribution in [0, 0.1) is 0 Å². The number of ether oxygens (including phenoxy) is 1. The van der Waals surface area contributed by atoms with Gasteiger partial charge in [-0.15, -0.1) is 0 Å². The number of hydrogen-bond acceptors (Lipinski definition) is 5. The summed E-state index contributed by atoms with van der Waals surface area (Å²) in [6.07, 6.45) is 6.27. The Balaban J connectivity index is 1.44. The van der Waals surface area contributed by atoms with E-state index in [-0.39, 0.29) is 49.2 Å². The molecule has 1 N–H and O–H groups in total. The van der Waals surface area contributed by atoms with E-state index < -0.39 is 6.04 Å². The van der Waals surface area contributed by atoms with Gasteiger partial charge in [0.1, 0.15) is 11.8 Å². The molecule has 8 heteroatoms. The molecule has 8 nitrogen and oxygen atoms in total. The predicted octanol–water partition coefficient (Wildman–Crippen LogP) is 4.33. The summed E-state index contributed by atoms with van der Waals surface area (Å²) in [7, 11) is 1.60. The summed E-state index contributed by atoms with van der Waals surface area (Å²) in [5, 5.41) is 3.18. The Kier molecular flexibility index (Phi) is 9.15. The third-order valence-corrected chi connectivity index (χ3v) is 7.50. The van der Waals surface area contributed by atoms with Crippen LogP contribution in [0.5, 0.6) is 5.75 Å². The lowest BCUT2D eigenvalue weighted by Gasteiger charge is -2.33. The van der Waals surface area contributed by atoms with E-state index in [9.17, 15) is 19.2 Å². The molecule has 1 fully saturated rings. The van der Waals surface area contributed by atoms with Crippen LogP contribution in [0.1, 0.15) is 84.6 Å². The van der Waals surface area contributed by atoms with Gasteiger partial charge in [-0.05, 0) is 55.5 Å². The normalized spacial score (nSPS) is 16.2. The van der Waals surface area contributed by atoms with Gasteiger partial charge in [0.2, 0.25) is 11.8 Å². The topological polar surface area (TPSA) is 96.0 Å². The Morgan fingerprint density at radius 3 is 2.21 bits per heavy atom. The summed E-state index contributed by atoms with van der Waals surface area (Å²) in [6.45, 7) is 2.35. The van der Waals surface area contributed by atoms with Gasteiger partial charge in [0.25, 0.3) is 11.8 Å². The zero-order valence-electron chi connectivity index (χ0n) is 22.3. The molecule has 2 aliphatic rings. The minimum Gasteiger partial charge on any atom is -0.497 e. The molecule has 0 bridgehead atoms. The van der Waals surface area contributed by atoms with E-state index in [1.807, 2.05) is 31.2 Å². The van der Waals surface area contributed by atoms with Gasteiger partial charge in [0, 0.05) is 25.6 Å². The number of methoxy groups -OCH3 is 1. The van der Waals surface area contributed by atoms with Crippen molar-refractivity contribution in [2.75, 3.05) is 13.7 Å². The average Bonchev–Trinajstić information content (AvgIpc) is 3.18. The molecule has 2 aromatic rings. The number of rotatable bonds is 11. The summed E-state index contributed by atoms with van der Waals surface area (Å²) in [6, 6.07) is 13.8. The van der Waals surface area contributed by atoms with Crippen molar-refractivity contribution < 1.29 is 23.9 Å². The van der Waals surface area contributed by atoms with Crippen LogP contribution in [0.3, 0.4) is 0 Å². The van der Waals surface area contributed by atoms with Crippen LogP contribution in [-0.4, -0.2) is 59.2 Å². The maximum absolute atomic E-state index is 13.6. The minimum absolute atomic E-state index is 0.122. The SMILES string of the molecule is CC[C@H](C(=O)NC1CCCCC1)N(Cc1ccc(OC)cc1)C(=O)CCCN1C(=O)c2ccccc2C1=O. The van der Waals surface area contributed by atoms with Gasteiger partial charge in [-0.1, -0.05) is 50.5 Å². The molecular formula is C30H37N3O5. The van der Waals surface area contributed by atoms with Crippen LogP contribution in [0.2, 0.25) is 0 Å². The molecular weight excluding hydrogens is 482 g/mol. The third kappa shape index (κ3) is 6.23. The highest BCUT2D eigenvalue weighted by Gasteiger charge is 2.35. The molecule has 1 saturated carbocycles. The van der Waals surface area contributed by atoms with Crippen molar-refractivity contribution >= 4 is 23.6 Å². The van der Waals surface area contributed by atoms with Crippen LogP contribution >= 0.6 is 0 Å². The van der Waals surface area contributed by atoms with Crippen molar-refractivity contribution in [3.8, 4) is 5.75 Å². The molecule has 0 radical (unpaired) electrons. The Morgan fingerprint density at radius 1 is 1.00 bits per heavy atom. The molecule has 0 spiro atoms. The van der Waals surface area contributed by atoms with E-state index in [4.69, 9.17) is 4.74 Å². The first kappa shape index (κ1) is 27.4. The van der Waals surface area contributed by atoms with Crippen LogP contribution in [-0.2, 0) is 16.1 Å². The van der Waals surface area contributed by atoms with Crippen molar-refractivity contribution in [2.24, 2.45) is 0 Å². The van der Waals surface area contributed by atoms with Crippen molar-refractivity contribution in [1.29, 1.82) is 0 Å². The second-order valence-electron chi connectivity index (χ2n) is 10.0. The van der Waals surface area contributed by atoms with E-state index in [0.717, 1.165) is 37.0 Å². The number of carbonyl (C=O) groups is 4. The van der Waals surface area contributed by atoms with Crippen molar-refractivity contribution in [3.63, 3.8) is 0 Å². The van der Waals surface area contributed by atoms with Crippen molar-refractivity contribution in [1.82, 2.24) is 15.1 Å². The molecule has 1 heterocycles. The third-order valence-electron chi connectivity index (χ3n) is 7.50. The Bertz CT molecular complexity index is 1120. The second-order valence-corrected chi connectivity index (χ2v) is 10.0. The molecule has 0 aromatic heterocycles. The molecule has 202 valence electrons. The number of hydrogen-bond donors (Lipinski definition) is 1. The first-order chi connectivity index (χ1) is 18.4. The Hall–Kier alpha value is -3.68. The lowest BCUT2D eigenvalue weighted by molar-refractivity contribution is -0.142. The van der Waals surface area contributed by atoms with Gasteiger partial charge in [-0.3, -0.25) is 24.1 Å². The summed E-state index contributed by atoms with van der Waals surface area (Å²) in [5.41, 5.74) is 1.69. The molecule has 2 aromatic carbocycles. The van der Waals surface area contributed by atoms with E-state index in [1.165, 1.54) is 11.3 Å². The van der Waals surface area contributed by atoms with Gasteiger partial charge < -0.3 is 15.0 Å². The number of nitrogens with one attached hydrogen (secondary N) is 1. The number of imide groups is 1.